The molecule has 3 heteroatoms. The van der Waals surface area contributed by atoms with Crippen LogP contribution >= 0.6 is 11.8 Å². The zero-order chi connectivity index (χ0) is 15.4. The zero-order valence-electron chi connectivity index (χ0n) is 12.6. The molecule has 2 aromatic carbocycles. The Morgan fingerprint density at radius 3 is 2.50 bits per heavy atom. The Morgan fingerprint density at radius 2 is 1.73 bits per heavy atom. The molecule has 1 aliphatic rings. The van der Waals surface area contributed by atoms with E-state index in [0.717, 1.165) is 41.1 Å². The van der Waals surface area contributed by atoms with Gasteiger partial charge in [0.2, 0.25) is 0 Å². The minimum absolute atomic E-state index is 0.167. The first-order valence-electron chi connectivity index (χ1n) is 7.51. The molecule has 0 aliphatic heterocycles. The van der Waals surface area contributed by atoms with Crippen molar-refractivity contribution in [3.05, 3.63) is 76.3 Å². The molecule has 0 fully saturated rings. The Morgan fingerprint density at radius 1 is 1.00 bits per heavy atom. The van der Waals surface area contributed by atoms with Gasteiger partial charge in [0.15, 0.2) is 5.78 Å². The normalized spacial score (nSPS) is 16.7. The van der Waals surface area contributed by atoms with Gasteiger partial charge in [-0.3, -0.25) is 4.79 Å². The number of rotatable bonds is 3. The maximum atomic E-state index is 12.9. The number of hydrogen-bond donors (Lipinski definition) is 1. The van der Waals surface area contributed by atoms with Gasteiger partial charge in [-0.2, -0.15) is 0 Å². The van der Waals surface area contributed by atoms with Crippen molar-refractivity contribution in [3.8, 4) is 0 Å². The number of carbonyl (C=O) groups excluding carboxylic acids is 1. The third-order valence-electron chi connectivity index (χ3n) is 3.92. The van der Waals surface area contributed by atoms with E-state index < -0.39 is 0 Å². The lowest BCUT2D eigenvalue weighted by Crippen LogP contribution is -2.09. The fourth-order valence-electron chi connectivity index (χ4n) is 2.81. The molecule has 0 unspecified atom stereocenters. The van der Waals surface area contributed by atoms with E-state index in [1.807, 2.05) is 54.8 Å². The van der Waals surface area contributed by atoms with E-state index in [9.17, 15) is 4.79 Å². The van der Waals surface area contributed by atoms with Crippen molar-refractivity contribution < 1.29 is 4.79 Å². The molecule has 1 N–H and O–H groups in total. The fourth-order valence-corrected chi connectivity index (χ4v) is 3.47. The summed E-state index contributed by atoms with van der Waals surface area (Å²) in [4.78, 5) is 12.9. The van der Waals surface area contributed by atoms with E-state index in [1.54, 1.807) is 11.8 Å². The minimum atomic E-state index is 0.167. The standard InChI is InChI=1S/C19H19NOS/c1-22-19(20-15-10-3-2-4-11-15)17-13-7-9-14-8-5-6-12-16(14)18(17)21/h2-6,8,10-12,20H,7,9,13H2,1H3/b19-17-. The van der Waals surface area contributed by atoms with Crippen LogP contribution in [0.5, 0.6) is 0 Å². The first-order valence-corrected chi connectivity index (χ1v) is 8.74. The summed E-state index contributed by atoms with van der Waals surface area (Å²) in [6.45, 7) is 0. The molecule has 0 atom stereocenters. The second kappa shape index (κ2) is 6.84. The van der Waals surface area contributed by atoms with Crippen LogP contribution in [0.2, 0.25) is 0 Å². The fraction of sp³-hybridized carbons (Fsp3) is 0.211. The minimum Gasteiger partial charge on any atom is -0.350 e. The SMILES string of the molecule is CS/C(Nc1ccccc1)=C1/CCCc2ccccc2C1=O. The number of ketones is 1. The smallest absolute Gasteiger partial charge is 0.191 e. The Kier molecular flexibility index (Phi) is 4.64. The highest BCUT2D eigenvalue weighted by molar-refractivity contribution is 8.02. The molecule has 0 bridgehead atoms. The maximum absolute atomic E-state index is 12.9. The van der Waals surface area contributed by atoms with E-state index >= 15 is 0 Å². The van der Waals surface area contributed by atoms with Gasteiger partial charge in [0.1, 0.15) is 0 Å². The van der Waals surface area contributed by atoms with Gasteiger partial charge >= 0.3 is 0 Å². The van der Waals surface area contributed by atoms with Crippen LogP contribution in [-0.4, -0.2) is 12.0 Å². The summed E-state index contributed by atoms with van der Waals surface area (Å²) >= 11 is 1.61. The van der Waals surface area contributed by atoms with Crippen LogP contribution in [0.3, 0.4) is 0 Å². The van der Waals surface area contributed by atoms with E-state index in [4.69, 9.17) is 0 Å². The van der Waals surface area contributed by atoms with Gasteiger partial charge in [-0.1, -0.05) is 42.5 Å². The van der Waals surface area contributed by atoms with E-state index in [-0.39, 0.29) is 5.78 Å². The third-order valence-corrected chi connectivity index (χ3v) is 4.68. The topological polar surface area (TPSA) is 29.1 Å². The van der Waals surface area contributed by atoms with Gasteiger partial charge in [0.05, 0.1) is 5.03 Å². The molecule has 0 heterocycles. The summed E-state index contributed by atoms with van der Waals surface area (Å²) in [6, 6.07) is 18.0. The number of thioether (sulfide) groups is 1. The van der Waals surface area contributed by atoms with E-state index in [0.29, 0.717) is 0 Å². The molecular weight excluding hydrogens is 290 g/mol. The summed E-state index contributed by atoms with van der Waals surface area (Å²) in [7, 11) is 0. The van der Waals surface area contributed by atoms with Crippen LogP contribution in [-0.2, 0) is 6.42 Å². The number of allylic oxidation sites excluding steroid dienone is 1. The van der Waals surface area contributed by atoms with Crippen molar-refractivity contribution in [3.63, 3.8) is 0 Å². The van der Waals surface area contributed by atoms with Gasteiger partial charge in [0, 0.05) is 16.8 Å². The molecule has 1 aliphatic carbocycles. The molecule has 2 nitrogen and oxygen atoms in total. The number of Topliss-reactive ketones (excluding diaryl/α,β-unsaturated/α-hetero) is 1. The summed E-state index contributed by atoms with van der Waals surface area (Å²) < 4.78 is 0. The summed E-state index contributed by atoms with van der Waals surface area (Å²) in [6.07, 6.45) is 4.82. The lowest BCUT2D eigenvalue weighted by atomic mass is 10.0. The van der Waals surface area contributed by atoms with Crippen molar-refractivity contribution in [1.82, 2.24) is 0 Å². The Labute approximate surface area is 135 Å². The molecule has 0 radical (unpaired) electrons. The molecule has 0 saturated heterocycles. The zero-order valence-corrected chi connectivity index (χ0v) is 13.5. The van der Waals surface area contributed by atoms with E-state index in [1.165, 1.54) is 5.56 Å². The van der Waals surface area contributed by atoms with Crippen molar-refractivity contribution in [2.45, 2.75) is 19.3 Å². The molecular formula is C19H19NOS. The molecule has 0 spiro atoms. The number of para-hydroxylation sites is 1. The highest BCUT2D eigenvalue weighted by Gasteiger charge is 2.22. The van der Waals surface area contributed by atoms with Crippen molar-refractivity contribution in [2.75, 3.05) is 11.6 Å². The molecule has 2 aromatic rings. The highest BCUT2D eigenvalue weighted by atomic mass is 32.2. The van der Waals surface area contributed by atoms with Gasteiger partial charge < -0.3 is 5.32 Å². The first kappa shape index (κ1) is 14.9. The Hall–Kier alpha value is -2.00. The second-order valence-corrected chi connectivity index (χ2v) is 6.16. The lowest BCUT2D eigenvalue weighted by Gasteiger charge is -2.14. The van der Waals surface area contributed by atoms with Gasteiger partial charge in [-0.25, -0.2) is 0 Å². The quantitative estimate of drug-likeness (QED) is 0.646. The highest BCUT2D eigenvalue weighted by Crippen LogP contribution is 2.30. The number of carbonyl (C=O) groups is 1. The Bertz CT molecular complexity index is 706. The van der Waals surface area contributed by atoms with Gasteiger partial charge in [-0.05, 0) is 43.2 Å². The summed E-state index contributed by atoms with van der Waals surface area (Å²) in [5.74, 6) is 0.167. The van der Waals surface area contributed by atoms with Crippen LogP contribution in [0.1, 0.15) is 28.8 Å². The predicted molar refractivity (Wildman–Crippen MR) is 94.3 cm³/mol. The largest absolute Gasteiger partial charge is 0.350 e. The van der Waals surface area contributed by atoms with Crippen molar-refractivity contribution in [1.29, 1.82) is 0 Å². The number of anilines is 1. The Balaban J connectivity index is 1.98. The van der Waals surface area contributed by atoms with Gasteiger partial charge in [-0.15, -0.1) is 11.8 Å². The molecule has 0 amide bonds. The number of benzene rings is 2. The molecule has 0 aromatic heterocycles. The second-order valence-electron chi connectivity index (χ2n) is 5.34. The lowest BCUT2D eigenvalue weighted by molar-refractivity contribution is 0.103. The van der Waals surface area contributed by atoms with Crippen LogP contribution in [0, 0.1) is 0 Å². The van der Waals surface area contributed by atoms with E-state index in [2.05, 4.69) is 11.4 Å². The molecule has 0 saturated carbocycles. The number of fused-ring (bicyclic) bond motifs is 1. The van der Waals surface area contributed by atoms with Crippen molar-refractivity contribution >= 4 is 23.2 Å². The predicted octanol–water partition coefficient (Wildman–Crippen LogP) is 4.89. The average molecular weight is 309 g/mol. The third kappa shape index (κ3) is 3.09. The summed E-state index contributed by atoms with van der Waals surface area (Å²) in [5.41, 5.74) is 3.95. The molecule has 22 heavy (non-hydrogen) atoms. The van der Waals surface area contributed by atoms with Crippen LogP contribution in [0.15, 0.2) is 65.2 Å². The number of nitrogens with one attached hydrogen (secondary N) is 1. The van der Waals surface area contributed by atoms with Crippen LogP contribution < -0.4 is 5.32 Å². The molecule has 3 rings (SSSR count). The first-order chi connectivity index (χ1) is 10.8. The molecule has 112 valence electrons. The van der Waals surface area contributed by atoms with Gasteiger partial charge in [0.25, 0.3) is 0 Å². The van der Waals surface area contributed by atoms with Crippen LogP contribution in [0.25, 0.3) is 0 Å². The van der Waals surface area contributed by atoms with Crippen molar-refractivity contribution in [2.24, 2.45) is 0 Å². The number of aryl methyl sites for hydroxylation is 1. The monoisotopic (exact) mass is 309 g/mol. The van der Waals surface area contributed by atoms with Crippen LogP contribution in [0.4, 0.5) is 5.69 Å². The number of hydrogen-bond acceptors (Lipinski definition) is 3. The average Bonchev–Trinajstić information content (AvgIpc) is 2.73. The maximum Gasteiger partial charge on any atom is 0.191 e. The summed E-state index contributed by atoms with van der Waals surface area (Å²) in [5, 5.41) is 4.37.